The topological polar surface area (TPSA) is 0 Å². The average Bonchev–Trinajstić information content (AvgIpc) is 2.21. The summed E-state index contributed by atoms with van der Waals surface area (Å²) in [7, 11) is 0. The highest BCUT2D eigenvalue weighted by molar-refractivity contribution is 14.1. The summed E-state index contributed by atoms with van der Waals surface area (Å²) in [5.74, 6) is 0.804. The van der Waals surface area contributed by atoms with Gasteiger partial charge in [0.25, 0.3) is 0 Å². The van der Waals surface area contributed by atoms with Gasteiger partial charge in [-0.1, -0.05) is 54.7 Å². The van der Waals surface area contributed by atoms with Gasteiger partial charge >= 0.3 is 0 Å². The molecule has 0 radical (unpaired) electrons. The van der Waals surface area contributed by atoms with Crippen LogP contribution in [0.1, 0.15) is 51.4 Å². The highest BCUT2D eigenvalue weighted by Gasteiger charge is 1.94. The fraction of sp³-hybridized carbons (Fsp3) is 0.818. The maximum Gasteiger partial charge on any atom is 0.106 e. The monoisotopic (exact) mass is 332 g/mol. The molecule has 0 bridgehead atoms. The van der Waals surface area contributed by atoms with E-state index in [1.807, 2.05) is 22.6 Å². The van der Waals surface area contributed by atoms with Crippen molar-refractivity contribution in [2.75, 3.05) is 5.88 Å². The quantitative estimate of drug-likeness (QED) is 0.293. The van der Waals surface area contributed by atoms with Crippen molar-refractivity contribution >= 4 is 34.2 Å². The van der Waals surface area contributed by atoms with Gasteiger partial charge in [0.05, 0.1) is 0 Å². The van der Waals surface area contributed by atoms with Crippen LogP contribution < -0.4 is 0 Å². The zero-order valence-electron chi connectivity index (χ0n) is 8.58. The Morgan fingerprint density at radius 3 is 2.00 bits per heavy atom. The molecule has 0 aliphatic heterocycles. The Hall–Kier alpha value is 0.690. The number of allylic oxidation sites excluding steroid dienone is 1. The van der Waals surface area contributed by atoms with Gasteiger partial charge in [0.2, 0.25) is 0 Å². The summed E-state index contributed by atoms with van der Waals surface area (Å²) < 4.78 is 14.2. The molecule has 0 saturated carbocycles. The number of unbranched alkanes of at least 4 members (excludes halogenated alkanes) is 6. The Balaban J connectivity index is 2.99. The van der Waals surface area contributed by atoms with Crippen LogP contribution in [0.3, 0.4) is 0 Å². The molecule has 0 N–H and O–H groups in total. The molecule has 0 saturated heterocycles. The molecule has 0 aliphatic carbocycles. The minimum absolute atomic E-state index is 0.0211. The van der Waals surface area contributed by atoms with E-state index in [9.17, 15) is 4.39 Å². The molecule has 0 unspecified atom stereocenters. The predicted octanol–water partition coefficient (Wildman–Crippen LogP) is 5.59. The molecule has 0 fully saturated rings. The molecular weight excluding hydrogens is 313 g/mol. The first-order chi connectivity index (χ1) is 6.81. The van der Waals surface area contributed by atoms with Gasteiger partial charge < -0.3 is 0 Å². The largest absolute Gasteiger partial charge is 0.211 e. The van der Waals surface area contributed by atoms with E-state index in [0.717, 1.165) is 25.1 Å². The van der Waals surface area contributed by atoms with E-state index >= 15 is 0 Å². The highest BCUT2D eigenvalue weighted by atomic mass is 127. The Labute approximate surface area is 105 Å². The second kappa shape index (κ2) is 11.8. The number of alkyl halides is 1. The van der Waals surface area contributed by atoms with Crippen LogP contribution in [0.15, 0.2) is 9.91 Å². The molecule has 0 spiro atoms. The summed E-state index contributed by atoms with van der Waals surface area (Å²) in [6.45, 7) is 0. The first kappa shape index (κ1) is 14.7. The number of hydrogen-bond acceptors (Lipinski definition) is 0. The molecular formula is C11H19ClFI. The summed E-state index contributed by atoms with van der Waals surface area (Å²) in [5.41, 5.74) is 0. The second-order valence-corrected chi connectivity index (χ2v) is 4.47. The minimum Gasteiger partial charge on any atom is -0.211 e. The second-order valence-electron chi connectivity index (χ2n) is 3.47. The van der Waals surface area contributed by atoms with Gasteiger partial charge in [0.1, 0.15) is 5.83 Å². The summed E-state index contributed by atoms with van der Waals surface area (Å²) in [6.07, 6.45) is 8.91. The molecule has 0 heterocycles. The lowest BCUT2D eigenvalue weighted by molar-refractivity contribution is 0.540. The molecule has 0 aromatic carbocycles. The molecule has 84 valence electrons. The van der Waals surface area contributed by atoms with E-state index < -0.39 is 0 Å². The van der Waals surface area contributed by atoms with Crippen molar-refractivity contribution in [2.24, 2.45) is 0 Å². The molecule has 3 heteroatoms. The SMILES string of the molecule is F/C(=C\I)CCCCCCCCCCl. The summed E-state index contributed by atoms with van der Waals surface area (Å²) in [4.78, 5) is 0. The lowest BCUT2D eigenvalue weighted by atomic mass is 10.1. The Kier molecular flexibility index (Phi) is 12.3. The lowest BCUT2D eigenvalue weighted by Crippen LogP contribution is -1.82. The summed E-state index contributed by atoms with van der Waals surface area (Å²) in [6, 6.07) is 0. The van der Waals surface area contributed by atoms with E-state index in [1.165, 1.54) is 29.8 Å². The zero-order chi connectivity index (χ0) is 10.6. The Morgan fingerprint density at radius 2 is 1.50 bits per heavy atom. The first-order valence-corrected chi connectivity index (χ1v) is 7.10. The van der Waals surface area contributed by atoms with Gasteiger partial charge in [-0.3, -0.25) is 0 Å². The molecule has 0 nitrogen and oxygen atoms in total. The third-order valence-corrected chi connectivity index (χ3v) is 3.11. The fourth-order valence-corrected chi connectivity index (χ4v) is 1.83. The van der Waals surface area contributed by atoms with Crippen LogP contribution in [-0.4, -0.2) is 5.88 Å². The standard InChI is InChI=1S/C11H19ClFI/c12-9-7-5-3-1-2-4-6-8-11(13)10-14/h10H,1-9H2/b11-10-. The van der Waals surface area contributed by atoms with Crippen molar-refractivity contribution in [3.05, 3.63) is 9.91 Å². The minimum atomic E-state index is 0.0211. The van der Waals surface area contributed by atoms with E-state index in [1.54, 1.807) is 0 Å². The third kappa shape index (κ3) is 10.8. The van der Waals surface area contributed by atoms with Crippen LogP contribution in [0.4, 0.5) is 4.39 Å². The van der Waals surface area contributed by atoms with Crippen molar-refractivity contribution in [2.45, 2.75) is 51.4 Å². The summed E-state index contributed by atoms with van der Waals surface area (Å²) >= 11 is 7.51. The van der Waals surface area contributed by atoms with Gasteiger partial charge in [-0.05, 0) is 19.3 Å². The van der Waals surface area contributed by atoms with Crippen molar-refractivity contribution < 1.29 is 4.39 Å². The molecule has 0 rings (SSSR count). The average molecular weight is 333 g/mol. The maximum atomic E-state index is 12.6. The Bertz CT molecular complexity index is 148. The maximum absolute atomic E-state index is 12.6. The Morgan fingerprint density at radius 1 is 1.00 bits per heavy atom. The lowest BCUT2D eigenvalue weighted by Gasteiger charge is -2.00. The van der Waals surface area contributed by atoms with Crippen LogP contribution in [0, 0.1) is 0 Å². The van der Waals surface area contributed by atoms with Crippen LogP contribution in [0.5, 0.6) is 0 Å². The van der Waals surface area contributed by atoms with E-state index in [0.29, 0.717) is 6.42 Å². The van der Waals surface area contributed by atoms with Gasteiger partial charge in [-0.25, -0.2) is 4.39 Å². The normalized spacial score (nSPS) is 12.1. The van der Waals surface area contributed by atoms with Crippen molar-refractivity contribution in [3.8, 4) is 0 Å². The molecule has 14 heavy (non-hydrogen) atoms. The van der Waals surface area contributed by atoms with Crippen LogP contribution >= 0.6 is 34.2 Å². The molecule has 0 aliphatic rings. The molecule has 0 atom stereocenters. The first-order valence-electron chi connectivity index (χ1n) is 5.32. The number of halogens is 3. The van der Waals surface area contributed by atoms with Crippen molar-refractivity contribution in [3.63, 3.8) is 0 Å². The predicted molar refractivity (Wildman–Crippen MR) is 70.9 cm³/mol. The van der Waals surface area contributed by atoms with Crippen molar-refractivity contribution in [1.29, 1.82) is 0 Å². The van der Waals surface area contributed by atoms with Gasteiger partial charge in [-0.2, -0.15) is 0 Å². The van der Waals surface area contributed by atoms with Crippen LogP contribution in [-0.2, 0) is 0 Å². The van der Waals surface area contributed by atoms with Gasteiger partial charge in [-0.15, -0.1) is 11.6 Å². The smallest absolute Gasteiger partial charge is 0.106 e. The number of rotatable bonds is 9. The summed E-state index contributed by atoms with van der Waals surface area (Å²) in [5, 5.41) is 0. The molecule has 0 amide bonds. The van der Waals surface area contributed by atoms with Crippen molar-refractivity contribution in [1.82, 2.24) is 0 Å². The van der Waals surface area contributed by atoms with E-state index in [-0.39, 0.29) is 5.83 Å². The van der Waals surface area contributed by atoms with Crippen LogP contribution in [0.25, 0.3) is 0 Å². The van der Waals surface area contributed by atoms with E-state index in [4.69, 9.17) is 11.6 Å². The number of hydrogen-bond donors (Lipinski definition) is 0. The third-order valence-electron chi connectivity index (χ3n) is 2.17. The fourth-order valence-electron chi connectivity index (χ4n) is 1.33. The zero-order valence-corrected chi connectivity index (χ0v) is 11.5. The highest BCUT2D eigenvalue weighted by Crippen LogP contribution is 2.14. The van der Waals surface area contributed by atoms with Crippen LogP contribution in [0.2, 0.25) is 0 Å². The molecule has 0 aromatic heterocycles. The van der Waals surface area contributed by atoms with Gasteiger partial charge in [0, 0.05) is 9.96 Å². The van der Waals surface area contributed by atoms with E-state index in [2.05, 4.69) is 0 Å². The molecule has 0 aromatic rings. The van der Waals surface area contributed by atoms with Gasteiger partial charge in [0.15, 0.2) is 0 Å².